The molecule has 0 aliphatic heterocycles. The molecule has 7 nitrogen and oxygen atoms in total. The number of benzene rings is 2. The first-order valence-electron chi connectivity index (χ1n) is 8.07. The number of amides is 1. The number of hydrogen-bond acceptors (Lipinski definition) is 5. The predicted octanol–water partition coefficient (Wildman–Crippen LogP) is 1.29. The third-order valence-electron chi connectivity index (χ3n) is 3.63. The summed E-state index contributed by atoms with van der Waals surface area (Å²) in [4.78, 5) is 12.2. The van der Waals surface area contributed by atoms with Crippen LogP contribution in [-0.4, -0.2) is 46.2 Å². The molecule has 0 fully saturated rings. The van der Waals surface area contributed by atoms with Gasteiger partial charge in [0.15, 0.2) is 0 Å². The third kappa shape index (κ3) is 5.83. The molecule has 0 bridgehead atoms. The maximum absolute atomic E-state index is 12.1. The Balaban J connectivity index is 1.89. The summed E-state index contributed by atoms with van der Waals surface area (Å²) >= 11 is 0. The minimum atomic E-state index is -3.62. The predicted molar refractivity (Wildman–Crippen MR) is 97.7 cm³/mol. The van der Waals surface area contributed by atoms with Gasteiger partial charge >= 0.3 is 0 Å². The van der Waals surface area contributed by atoms with E-state index in [2.05, 4.69) is 10.0 Å². The highest BCUT2D eigenvalue weighted by atomic mass is 32.2. The van der Waals surface area contributed by atoms with E-state index in [1.807, 2.05) is 6.07 Å². The number of phenolic OH excluding ortho intramolecular Hbond substituents is 1. The highest BCUT2D eigenvalue weighted by Crippen LogP contribution is 2.12. The lowest BCUT2D eigenvalue weighted by Gasteiger charge is -2.08. The van der Waals surface area contributed by atoms with Gasteiger partial charge in [0.1, 0.15) is 5.75 Å². The summed E-state index contributed by atoms with van der Waals surface area (Å²) in [5.41, 5.74) is 1.28. The summed E-state index contributed by atoms with van der Waals surface area (Å²) in [5, 5.41) is 12.2. The topological polar surface area (TPSA) is 105 Å². The monoisotopic (exact) mass is 378 g/mol. The van der Waals surface area contributed by atoms with Crippen molar-refractivity contribution in [3.05, 3.63) is 59.7 Å². The van der Waals surface area contributed by atoms with Crippen LogP contribution >= 0.6 is 0 Å². The summed E-state index contributed by atoms with van der Waals surface area (Å²) < 4.78 is 31.3. The van der Waals surface area contributed by atoms with E-state index >= 15 is 0 Å². The highest BCUT2D eigenvalue weighted by molar-refractivity contribution is 7.89. The number of nitrogens with one attached hydrogen (secondary N) is 2. The molecule has 0 unspecified atom stereocenters. The van der Waals surface area contributed by atoms with Crippen molar-refractivity contribution in [2.45, 2.75) is 11.3 Å². The zero-order valence-corrected chi connectivity index (χ0v) is 15.3. The minimum Gasteiger partial charge on any atom is -0.508 e. The molecule has 0 atom stereocenters. The summed E-state index contributed by atoms with van der Waals surface area (Å²) in [6.45, 7) is 0.857. The van der Waals surface area contributed by atoms with E-state index in [4.69, 9.17) is 4.74 Å². The van der Waals surface area contributed by atoms with Crippen LogP contribution in [0.1, 0.15) is 15.9 Å². The van der Waals surface area contributed by atoms with E-state index in [1.54, 1.807) is 18.2 Å². The number of carbonyl (C=O) groups is 1. The first-order valence-corrected chi connectivity index (χ1v) is 9.55. The zero-order valence-electron chi connectivity index (χ0n) is 14.4. The molecular formula is C18H22N2O5S. The van der Waals surface area contributed by atoms with Crippen molar-refractivity contribution in [2.75, 3.05) is 26.8 Å². The standard InChI is InChI=1S/C18H22N2O5S/c1-25-12-11-20-26(23,24)17-7-5-15(6-8-17)18(22)19-10-9-14-3-2-4-16(21)13-14/h2-8,13,20-21H,9-12H2,1H3,(H,19,22). The molecule has 3 N–H and O–H groups in total. The molecule has 2 rings (SSSR count). The Morgan fingerprint density at radius 1 is 1.12 bits per heavy atom. The number of sulfonamides is 1. The quantitative estimate of drug-likeness (QED) is 0.570. The second kappa shape index (κ2) is 9.33. The second-order valence-electron chi connectivity index (χ2n) is 5.59. The van der Waals surface area contributed by atoms with E-state index in [-0.39, 0.29) is 29.7 Å². The summed E-state index contributed by atoms with van der Waals surface area (Å²) in [5.74, 6) is -0.105. The smallest absolute Gasteiger partial charge is 0.251 e. The lowest BCUT2D eigenvalue weighted by Crippen LogP contribution is -2.28. The number of methoxy groups -OCH3 is 1. The molecule has 0 aliphatic carbocycles. The molecule has 1 amide bonds. The fraction of sp³-hybridized carbons (Fsp3) is 0.278. The Kier molecular flexibility index (Phi) is 7.14. The number of phenols is 1. The van der Waals surface area contributed by atoms with E-state index < -0.39 is 10.0 Å². The van der Waals surface area contributed by atoms with Crippen molar-refractivity contribution in [1.29, 1.82) is 0 Å². The van der Waals surface area contributed by atoms with Crippen molar-refractivity contribution in [3.8, 4) is 5.75 Å². The summed E-state index contributed by atoms with van der Waals surface area (Å²) in [6, 6.07) is 12.5. The largest absolute Gasteiger partial charge is 0.508 e. The lowest BCUT2D eigenvalue weighted by atomic mass is 10.1. The Morgan fingerprint density at radius 2 is 1.85 bits per heavy atom. The number of ether oxygens (including phenoxy) is 1. The van der Waals surface area contributed by atoms with Crippen LogP contribution in [0.4, 0.5) is 0 Å². The van der Waals surface area contributed by atoms with Crippen molar-refractivity contribution in [3.63, 3.8) is 0 Å². The molecule has 0 heterocycles. The molecule has 0 saturated heterocycles. The average molecular weight is 378 g/mol. The fourth-order valence-electron chi connectivity index (χ4n) is 2.28. The van der Waals surface area contributed by atoms with Crippen LogP contribution in [0, 0.1) is 0 Å². The third-order valence-corrected chi connectivity index (χ3v) is 5.11. The Morgan fingerprint density at radius 3 is 2.50 bits per heavy atom. The molecule has 0 spiro atoms. The molecular weight excluding hydrogens is 356 g/mol. The van der Waals surface area contributed by atoms with Crippen molar-refractivity contribution >= 4 is 15.9 Å². The van der Waals surface area contributed by atoms with Crippen LogP contribution in [-0.2, 0) is 21.2 Å². The molecule has 8 heteroatoms. The fourth-order valence-corrected chi connectivity index (χ4v) is 3.29. The van der Waals surface area contributed by atoms with Gasteiger partial charge in [-0.25, -0.2) is 13.1 Å². The van der Waals surface area contributed by atoms with Gasteiger partial charge in [-0.1, -0.05) is 12.1 Å². The summed E-state index contributed by atoms with van der Waals surface area (Å²) in [7, 11) is -2.13. The maximum Gasteiger partial charge on any atom is 0.251 e. The number of carbonyl (C=O) groups excluding carboxylic acids is 1. The van der Waals surface area contributed by atoms with Gasteiger partial charge in [-0.3, -0.25) is 4.79 Å². The Bertz CT molecular complexity index is 835. The van der Waals surface area contributed by atoms with Gasteiger partial charge in [0.2, 0.25) is 10.0 Å². The van der Waals surface area contributed by atoms with E-state index in [9.17, 15) is 18.3 Å². The maximum atomic E-state index is 12.1. The normalized spacial score (nSPS) is 11.3. The van der Waals surface area contributed by atoms with Gasteiger partial charge in [0, 0.05) is 25.8 Å². The van der Waals surface area contributed by atoms with Gasteiger partial charge in [0.25, 0.3) is 5.91 Å². The number of hydrogen-bond donors (Lipinski definition) is 3. The first-order chi connectivity index (χ1) is 12.4. The van der Waals surface area contributed by atoms with Gasteiger partial charge in [-0.05, 0) is 48.4 Å². The number of rotatable bonds is 9. The zero-order chi connectivity index (χ0) is 19.0. The second-order valence-corrected chi connectivity index (χ2v) is 7.36. The van der Waals surface area contributed by atoms with Gasteiger partial charge < -0.3 is 15.2 Å². The van der Waals surface area contributed by atoms with Crippen LogP contribution in [0.15, 0.2) is 53.4 Å². The molecule has 0 saturated carbocycles. The van der Waals surface area contributed by atoms with Crippen molar-refractivity contribution in [1.82, 2.24) is 10.0 Å². The van der Waals surface area contributed by atoms with Gasteiger partial charge in [-0.2, -0.15) is 0 Å². The molecule has 26 heavy (non-hydrogen) atoms. The SMILES string of the molecule is COCCNS(=O)(=O)c1ccc(C(=O)NCCc2cccc(O)c2)cc1. The van der Waals surface area contributed by atoms with Crippen molar-refractivity contribution < 1.29 is 23.1 Å². The molecule has 0 aromatic heterocycles. The minimum absolute atomic E-state index is 0.0879. The van der Waals surface area contributed by atoms with Crippen LogP contribution < -0.4 is 10.0 Å². The van der Waals surface area contributed by atoms with E-state index in [1.165, 1.54) is 31.4 Å². The van der Waals surface area contributed by atoms with Crippen LogP contribution in [0.5, 0.6) is 5.75 Å². The highest BCUT2D eigenvalue weighted by Gasteiger charge is 2.14. The average Bonchev–Trinajstić information content (AvgIpc) is 2.62. The van der Waals surface area contributed by atoms with Crippen LogP contribution in [0.25, 0.3) is 0 Å². The number of aromatic hydroxyl groups is 1. The lowest BCUT2D eigenvalue weighted by molar-refractivity contribution is 0.0954. The Hall–Kier alpha value is -2.42. The molecule has 140 valence electrons. The first kappa shape index (κ1) is 19.9. The van der Waals surface area contributed by atoms with Crippen molar-refractivity contribution in [2.24, 2.45) is 0 Å². The molecule has 0 aliphatic rings. The summed E-state index contributed by atoms with van der Waals surface area (Å²) in [6.07, 6.45) is 0.579. The van der Waals surface area contributed by atoms with Crippen LogP contribution in [0.2, 0.25) is 0 Å². The Labute approximate surface area is 153 Å². The van der Waals surface area contributed by atoms with Gasteiger partial charge in [0.05, 0.1) is 11.5 Å². The molecule has 0 radical (unpaired) electrons. The van der Waals surface area contributed by atoms with Crippen LogP contribution in [0.3, 0.4) is 0 Å². The van der Waals surface area contributed by atoms with Gasteiger partial charge in [-0.15, -0.1) is 0 Å². The van der Waals surface area contributed by atoms with E-state index in [0.717, 1.165) is 5.56 Å². The molecule has 2 aromatic rings. The van der Waals surface area contributed by atoms with E-state index in [0.29, 0.717) is 18.5 Å². The molecule has 2 aromatic carbocycles.